The van der Waals surface area contributed by atoms with Crippen LogP contribution in [0.5, 0.6) is 0 Å². The molecule has 0 spiro atoms. The Kier molecular flexibility index (Phi) is 7.67. The molecule has 84 valence electrons. The lowest BCUT2D eigenvalue weighted by atomic mass is 10.1. The molecular weight excluding hydrogens is 188 g/mol. The summed E-state index contributed by atoms with van der Waals surface area (Å²) in [6.07, 6.45) is 4.45. The number of rotatable bonds is 6. The average molecular weight is 208 g/mol. The molecule has 1 N–H and O–H groups in total. The standard InChI is InChI=1S/C13H20O2/c1-4-5-6-7-8-9-10-13(15)11(2)12(3)14/h13,15H,2,4-8H2,1,3H3. The lowest BCUT2D eigenvalue weighted by Crippen LogP contribution is -2.12. The van der Waals surface area contributed by atoms with E-state index >= 15 is 0 Å². The first kappa shape index (κ1) is 13.9. The molecule has 0 fully saturated rings. The van der Waals surface area contributed by atoms with Crippen molar-refractivity contribution in [3.8, 4) is 11.8 Å². The molecule has 0 bridgehead atoms. The first-order chi connectivity index (χ1) is 7.09. The summed E-state index contributed by atoms with van der Waals surface area (Å²) in [5, 5.41) is 9.40. The predicted octanol–water partition coefficient (Wildman–Crippen LogP) is 2.47. The van der Waals surface area contributed by atoms with E-state index in [1.54, 1.807) is 0 Å². The van der Waals surface area contributed by atoms with Crippen molar-refractivity contribution in [2.24, 2.45) is 0 Å². The fourth-order valence-corrected chi connectivity index (χ4v) is 1.09. The molecule has 0 aromatic carbocycles. The molecule has 2 heteroatoms. The van der Waals surface area contributed by atoms with Crippen molar-refractivity contribution in [2.45, 2.75) is 52.1 Å². The zero-order valence-corrected chi connectivity index (χ0v) is 9.68. The molecule has 0 aromatic heterocycles. The van der Waals surface area contributed by atoms with Crippen molar-refractivity contribution in [2.75, 3.05) is 0 Å². The van der Waals surface area contributed by atoms with Crippen molar-refractivity contribution >= 4 is 5.78 Å². The van der Waals surface area contributed by atoms with Crippen molar-refractivity contribution in [1.29, 1.82) is 0 Å². The van der Waals surface area contributed by atoms with Gasteiger partial charge in [0.1, 0.15) is 6.10 Å². The fourth-order valence-electron chi connectivity index (χ4n) is 1.09. The number of carbonyl (C=O) groups is 1. The highest BCUT2D eigenvalue weighted by Gasteiger charge is 2.08. The quantitative estimate of drug-likeness (QED) is 0.413. The van der Waals surface area contributed by atoms with Gasteiger partial charge in [-0.2, -0.15) is 0 Å². The minimum Gasteiger partial charge on any atom is -0.376 e. The van der Waals surface area contributed by atoms with Crippen molar-refractivity contribution < 1.29 is 9.90 Å². The van der Waals surface area contributed by atoms with E-state index in [-0.39, 0.29) is 11.4 Å². The normalized spacial score (nSPS) is 11.4. The number of Topliss-reactive ketones (excluding diaryl/α,β-unsaturated/α-hetero) is 1. The number of hydrogen-bond acceptors (Lipinski definition) is 2. The van der Waals surface area contributed by atoms with Gasteiger partial charge in [-0.15, -0.1) is 5.92 Å². The van der Waals surface area contributed by atoms with Gasteiger partial charge in [0.15, 0.2) is 5.78 Å². The number of ketones is 1. The van der Waals surface area contributed by atoms with E-state index in [1.807, 2.05) is 0 Å². The second-order valence-electron chi connectivity index (χ2n) is 3.62. The van der Waals surface area contributed by atoms with Gasteiger partial charge in [0.25, 0.3) is 0 Å². The summed E-state index contributed by atoms with van der Waals surface area (Å²) < 4.78 is 0. The third-order valence-corrected chi connectivity index (χ3v) is 2.18. The van der Waals surface area contributed by atoms with E-state index < -0.39 is 6.10 Å². The molecule has 0 aliphatic heterocycles. The van der Waals surface area contributed by atoms with Crippen LogP contribution < -0.4 is 0 Å². The monoisotopic (exact) mass is 208 g/mol. The third kappa shape index (κ3) is 6.93. The molecule has 2 nitrogen and oxygen atoms in total. The van der Waals surface area contributed by atoms with Crippen LogP contribution in [-0.4, -0.2) is 17.0 Å². The zero-order chi connectivity index (χ0) is 11.7. The van der Waals surface area contributed by atoms with E-state index in [0.29, 0.717) is 0 Å². The van der Waals surface area contributed by atoms with Crippen molar-refractivity contribution in [3.63, 3.8) is 0 Å². The van der Waals surface area contributed by atoms with Gasteiger partial charge in [-0.1, -0.05) is 38.7 Å². The fraction of sp³-hybridized carbons (Fsp3) is 0.615. The highest BCUT2D eigenvalue weighted by atomic mass is 16.3. The molecule has 1 unspecified atom stereocenters. The number of aliphatic hydroxyl groups excluding tert-OH is 1. The van der Waals surface area contributed by atoms with Gasteiger partial charge in [0, 0.05) is 12.0 Å². The maximum atomic E-state index is 10.8. The Bertz CT molecular complexity index is 268. The maximum absolute atomic E-state index is 10.8. The molecule has 0 aliphatic rings. The summed E-state index contributed by atoms with van der Waals surface area (Å²) in [4.78, 5) is 10.8. The van der Waals surface area contributed by atoms with E-state index in [1.165, 1.54) is 26.2 Å². The zero-order valence-electron chi connectivity index (χ0n) is 9.68. The SMILES string of the molecule is C=C(C(C)=O)C(O)C#CCCCCCC. The second kappa shape index (κ2) is 8.26. The van der Waals surface area contributed by atoms with Crippen LogP contribution in [-0.2, 0) is 4.79 Å². The van der Waals surface area contributed by atoms with Crippen LogP contribution in [0, 0.1) is 11.8 Å². The Morgan fingerprint density at radius 1 is 1.40 bits per heavy atom. The molecule has 0 saturated heterocycles. The minimum absolute atomic E-state index is 0.177. The van der Waals surface area contributed by atoms with Gasteiger partial charge >= 0.3 is 0 Å². The van der Waals surface area contributed by atoms with Crippen LogP contribution in [0.1, 0.15) is 46.0 Å². The summed E-state index contributed by atoms with van der Waals surface area (Å²) in [6, 6.07) is 0. The molecular formula is C13H20O2. The Balaban J connectivity index is 3.76. The van der Waals surface area contributed by atoms with E-state index in [4.69, 9.17) is 0 Å². The Morgan fingerprint density at radius 2 is 2.07 bits per heavy atom. The van der Waals surface area contributed by atoms with Crippen LogP contribution in [0.4, 0.5) is 0 Å². The smallest absolute Gasteiger partial charge is 0.158 e. The summed E-state index contributed by atoms with van der Waals surface area (Å²) in [6.45, 7) is 7.02. The Labute approximate surface area is 92.4 Å². The molecule has 0 saturated carbocycles. The third-order valence-electron chi connectivity index (χ3n) is 2.18. The number of unbranched alkanes of at least 4 members (excludes halogenated alkanes) is 4. The van der Waals surface area contributed by atoms with Gasteiger partial charge in [-0.25, -0.2) is 0 Å². The van der Waals surface area contributed by atoms with Crippen LogP contribution in [0.25, 0.3) is 0 Å². The molecule has 0 aliphatic carbocycles. The molecule has 0 rings (SSSR count). The topological polar surface area (TPSA) is 37.3 Å². The second-order valence-corrected chi connectivity index (χ2v) is 3.62. The summed E-state index contributed by atoms with van der Waals surface area (Å²) in [7, 11) is 0. The maximum Gasteiger partial charge on any atom is 0.158 e. The lowest BCUT2D eigenvalue weighted by molar-refractivity contribution is -0.114. The van der Waals surface area contributed by atoms with E-state index in [0.717, 1.165) is 12.8 Å². The molecule has 15 heavy (non-hydrogen) atoms. The highest BCUT2D eigenvalue weighted by molar-refractivity contribution is 5.94. The first-order valence-corrected chi connectivity index (χ1v) is 5.45. The van der Waals surface area contributed by atoms with Crippen LogP contribution >= 0.6 is 0 Å². The van der Waals surface area contributed by atoms with Gasteiger partial charge in [-0.3, -0.25) is 4.79 Å². The largest absolute Gasteiger partial charge is 0.376 e. The van der Waals surface area contributed by atoms with Gasteiger partial charge in [-0.05, 0) is 13.3 Å². The van der Waals surface area contributed by atoms with Crippen molar-refractivity contribution in [3.05, 3.63) is 12.2 Å². The summed E-state index contributed by atoms with van der Waals surface area (Å²) in [5.41, 5.74) is 0.177. The number of carbonyl (C=O) groups excluding carboxylic acids is 1. The Morgan fingerprint density at radius 3 is 2.60 bits per heavy atom. The van der Waals surface area contributed by atoms with Crippen molar-refractivity contribution in [1.82, 2.24) is 0 Å². The van der Waals surface area contributed by atoms with Crippen LogP contribution in [0.2, 0.25) is 0 Å². The Hall–Kier alpha value is -1.07. The molecule has 0 heterocycles. The van der Waals surface area contributed by atoms with E-state index in [9.17, 15) is 9.90 Å². The highest BCUT2D eigenvalue weighted by Crippen LogP contribution is 2.02. The number of aliphatic hydroxyl groups is 1. The average Bonchev–Trinajstić information content (AvgIpc) is 2.21. The predicted molar refractivity (Wildman–Crippen MR) is 62.4 cm³/mol. The van der Waals surface area contributed by atoms with Crippen LogP contribution in [0.15, 0.2) is 12.2 Å². The van der Waals surface area contributed by atoms with Gasteiger partial charge in [0.05, 0.1) is 0 Å². The molecule has 0 radical (unpaired) electrons. The van der Waals surface area contributed by atoms with E-state index in [2.05, 4.69) is 25.3 Å². The number of hydrogen-bond donors (Lipinski definition) is 1. The minimum atomic E-state index is -0.992. The van der Waals surface area contributed by atoms with Gasteiger partial charge in [0.2, 0.25) is 0 Å². The molecule has 1 atom stereocenters. The summed E-state index contributed by atoms with van der Waals surface area (Å²) >= 11 is 0. The first-order valence-electron chi connectivity index (χ1n) is 5.45. The lowest BCUT2D eigenvalue weighted by Gasteiger charge is -2.02. The molecule has 0 amide bonds. The van der Waals surface area contributed by atoms with Gasteiger partial charge < -0.3 is 5.11 Å². The van der Waals surface area contributed by atoms with Crippen LogP contribution in [0.3, 0.4) is 0 Å². The molecule has 0 aromatic rings. The summed E-state index contributed by atoms with van der Waals surface area (Å²) in [5.74, 6) is 5.29.